The second-order valence-electron chi connectivity index (χ2n) is 4.89. The minimum Gasteiger partial charge on any atom is -0.504 e. The zero-order valence-electron chi connectivity index (χ0n) is 12.4. The maximum absolute atomic E-state index is 12.5. The number of rotatable bonds is 3. The highest BCUT2D eigenvalue weighted by Gasteiger charge is 2.21. The number of ether oxygens (including phenoxy) is 1. The van der Waals surface area contributed by atoms with Crippen LogP contribution in [0.4, 0.5) is 0 Å². The van der Waals surface area contributed by atoms with Crippen molar-refractivity contribution in [3.63, 3.8) is 0 Å². The topological polar surface area (TPSA) is 97.0 Å². The van der Waals surface area contributed by atoms with Crippen LogP contribution in [0.2, 0.25) is 0 Å². The number of carbonyl (C=O) groups is 1. The molecule has 3 rings (SSSR count). The Bertz CT molecular complexity index is 1000. The van der Waals surface area contributed by atoms with Gasteiger partial charge in [0.1, 0.15) is 11.0 Å². The molecule has 2 N–H and O–H groups in total. The molecule has 0 bridgehead atoms. The summed E-state index contributed by atoms with van der Waals surface area (Å²) in [7, 11) is 0. The molecule has 6 nitrogen and oxygen atoms in total. The van der Waals surface area contributed by atoms with Gasteiger partial charge < -0.3 is 19.4 Å². The smallest absolute Gasteiger partial charge is 0.335 e. The van der Waals surface area contributed by atoms with Crippen LogP contribution in [0.25, 0.3) is 22.3 Å². The normalized spacial score (nSPS) is 10.5. The molecular weight excluding hydrogens is 312 g/mol. The first-order valence-electron chi connectivity index (χ1n) is 6.94. The first kappa shape index (κ1) is 15.4. The molecule has 0 fully saturated rings. The van der Waals surface area contributed by atoms with Crippen molar-refractivity contribution in [1.29, 1.82) is 0 Å². The average Bonchev–Trinajstić information content (AvgIpc) is 2.60. The Morgan fingerprint density at radius 2 is 1.83 bits per heavy atom. The molecular formula is C18H12O6. The summed E-state index contributed by atoms with van der Waals surface area (Å²) in [5, 5.41) is 19.9. The lowest BCUT2D eigenvalue weighted by molar-refractivity contribution is -0.129. The molecule has 0 amide bonds. The first-order valence-corrected chi connectivity index (χ1v) is 6.94. The van der Waals surface area contributed by atoms with Crippen molar-refractivity contribution in [2.24, 2.45) is 0 Å². The molecule has 0 aliphatic carbocycles. The van der Waals surface area contributed by atoms with Gasteiger partial charge in [-0.15, -0.1) is 0 Å². The summed E-state index contributed by atoms with van der Waals surface area (Å²) in [4.78, 5) is 23.9. The highest BCUT2D eigenvalue weighted by Crippen LogP contribution is 2.37. The molecule has 0 spiro atoms. The number of carbonyl (C=O) groups excluding carboxylic acids is 1. The Morgan fingerprint density at radius 1 is 1.12 bits per heavy atom. The van der Waals surface area contributed by atoms with E-state index in [0.29, 0.717) is 5.56 Å². The number of hydrogen-bond acceptors (Lipinski definition) is 6. The Kier molecular flexibility index (Phi) is 3.79. The van der Waals surface area contributed by atoms with Crippen molar-refractivity contribution in [2.45, 2.75) is 0 Å². The third-order valence-corrected chi connectivity index (χ3v) is 3.37. The van der Waals surface area contributed by atoms with E-state index in [0.717, 1.165) is 6.08 Å². The van der Waals surface area contributed by atoms with Crippen molar-refractivity contribution < 1.29 is 24.2 Å². The molecule has 0 radical (unpaired) electrons. The first-order chi connectivity index (χ1) is 11.5. The zero-order valence-corrected chi connectivity index (χ0v) is 12.4. The van der Waals surface area contributed by atoms with Gasteiger partial charge in [-0.3, -0.25) is 4.79 Å². The van der Waals surface area contributed by atoms with Crippen LogP contribution in [0, 0.1) is 0 Å². The molecule has 0 unspecified atom stereocenters. The van der Waals surface area contributed by atoms with Crippen LogP contribution in [0.5, 0.6) is 17.2 Å². The van der Waals surface area contributed by atoms with E-state index in [2.05, 4.69) is 6.58 Å². The second kappa shape index (κ2) is 5.92. The van der Waals surface area contributed by atoms with Crippen molar-refractivity contribution in [3.05, 3.63) is 65.3 Å². The van der Waals surface area contributed by atoms with E-state index in [1.807, 2.05) is 0 Å². The van der Waals surface area contributed by atoms with Crippen LogP contribution in [0.1, 0.15) is 0 Å². The van der Waals surface area contributed by atoms with Crippen LogP contribution in [-0.2, 0) is 4.79 Å². The predicted octanol–water partition coefficient (Wildman–Crippen LogP) is 2.96. The van der Waals surface area contributed by atoms with E-state index in [1.54, 1.807) is 30.3 Å². The molecule has 24 heavy (non-hydrogen) atoms. The summed E-state index contributed by atoms with van der Waals surface area (Å²) in [5.41, 5.74) is -0.258. The second-order valence-corrected chi connectivity index (χ2v) is 4.89. The van der Waals surface area contributed by atoms with Gasteiger partial charge in [0.25, 0.3) is 0 Å². The van der Waals surface area contributed by atoms with Crippen molar-refractivity contribution in [3.8, 4) is 28.6 Å². The van der Waals surface area contributed by atoms with E-state index < -0.39 is 22.9 Å². The summed E-state index contributed by atoms with van der Waals surface area (Å²) >= 11 is 0. The van der Waals surface area contributed by atoms with Crippen molar-refractivity contribution in [2.75, 3.05) is 0 Å². The zero-order chi connectivity index (χ0) is 17.3. The quantitative estimate of drug-likeness (QED) is 0.437. The van der Waals surface area contributed by atoms with E-state index >= 15 is 0 Å². The number of benzene rings is 2. The largest absolute Gasteiger partial charge is 0.504 e. The Labute approximate surface area is 135 Å². The molecule has 0 atom stereocenters. The average molecular weight is 324 g/mol. The number of esters is 1. The molecule has 0 saturated heterocycles. The van der Waals surface area contributed by atoms with Crippen molar-refractivity contribution >= 4 is 16.9 Å². The molecule has 1 aromatic heterocycles. The Hall–Kier alpha value is -3.54. The highest BCUT2D eigenvalue weighted by atomic mass is 16.5. The maximum Gasteiger partial charge on any atom is 0.335 e. The van der Waals surface area contributed by atoms with E-state index in [9.17, 15) is 19.8 Å². The molecule has 3 aromatic rings. The van der Waals surface area contributed by atoms with E-state index in [4.69, 9.17) is 9.15 Å². The van der Waals surface area contributed by atoms with Gasteiger partial charge in [-0.1, -0.05) is 36.9 Å². The fourth-order valence-electron chi connectivity index (χ4n) is 2.26. The lowest BCUT2D eigenvalue weighted by Gasteiger charge is -2.10. The number of phenolic OH excluding ortho intramolecular Hbond substituents is 1. The van der Waals surface area contributed by atoms with Gasteiger partial charge in [-0.25, -0.2) is 4.79 Å². The molecule has 6 heteroatoms. The molecule has 0 saturated carbocycles. The summed E-state index contributed by atoms with van der Waals surface area (Å²) in [5.74, 6) is -2.34. The van der Waals surface area contributed by atoms with Crippen LogP contribution in [0.3, 0.4) is 0 Å². The van der Waals surface area contributed by atoms with Gasteiger partial charge >= 0.3 is 5.97 Å². The molecule has 0 aliphatic heterocycles. The minimum atomic E-state index is -0.858. The lowest BCUT2D eigenvalue weighted by Crippen LogP contribution is -2.09. The van der Waals surface area contributed by atoms with Gasteiger partial charge in [0, 0.05) is 11.6 Å². The SMILES string of the molecule is C=CC(=O)Oc1c(O)ccc2oc(-c3ccccc3)c(O)c(=O)c12. The molecule has 2 aromatic carbocycles. The summed E-state index contributed by atoms with van der Waals surface area (Å²) in [6.45, 7) is 3.25. The summed E-state index contributed by atoms with van der Waals surface area (Å²) in [6, 6.07) is 11.2. The number of fused-ring (bicyclic) bond motifs is 1. The molecule has 120 valence electrons. The van der Waals surface area contributed by atoms with Gasteiger partial charge in [0.15, 0.2) is 17.3 Å². The number of phenols is 1. The van der Waals surface area contributed by atoms with Gasteiger partial charge in [0.05, 0.1) is 0 Å². The van der Waals surface area contributed by atoms with Gasteiger partial charge in [0.2, 0.25) is 11.2 Å². The van der Waals surface area contributed by atoms with Gasteiger partial charge in [-0.05, 0) is 12.1 Å². The maximum atomic E-state index is 12.5. The molecule has 1 heterocycles. The van der Waals surface area contributed by atoms with Crippen molar-refractivity contribution in [1.82, 2.24) is 0 Å². The minimum absolute atomic E-state index is 0.0141. The Morgan fingerprint density at radius 3 is 2.50 bits per heavy atom. The van der Waals surface area contributed by atoms with Gasteiger partial charge in [-0.2, -0.15) is 0 Å². The highest BCUT2D eigenvalue weighted by molar-refractivity contribution is 5.93. The standard InChI is InChI=1S/C18H12O6/c1-2-13(20)24-18-11(19)8-9-12-14(18)15(21)16(22)17(23-12)10-6-4-3-5-7-10/h2-9,19,22H,1H2. The third-order valence-electron chi connectivity index (χ3n) is 3.37. The lowest BCUT2D eigenvalue weighted by atomic mass is 10.1. The molecule has 0 aliphatic rings. The fraction of sp³-hybridized carbons (Fsp3) is 0. The Balaban J connectivity index is 2.32. The third kappa shape index (κ3) is 2.50. The van der Waals surface area contributed by atoms with Crippen LogP contribution >= 0.6 is 0 Å². The summed E-state index contributed by atoms with van der Waals surface area (Å²) < 4.78 is 10.5. The van der Waals surface area contributed by atoms with Crippen LogP contribution in [-0.4, -0.2) is 16.2 Å². The number of aromatic hydroxyl groups is 2. The number of hydrogen-bond donors (Lipinski definition) is 2. The van der Waals surface area contributed by atoms with Crippen LogP contribution in [0.15, 0.2) is 64.3 Å². The van der Waals surface area contributed by atoms with E-state index in [1.165, 1.54) is 12.1 Å². The summed E-state index contributed by atoms with van der Waals surface area (Å²) in [6.07, 6.45) is 0.887. The fourth-order valence-corrected chi connectivity index (χ4v) is 2.26. The van der Waals surface area contributed by atoms with E-state index in [-0.39, 0.29) is 22.5 Å². The predicted molar refractivity (Wildman–Crippen MR) is 87.1 cm³/mol. The van der Waals surface area contributed by atoms with Crippen LogP contribution < -0.4 is 10.2 Å². The monoisotopic (exact) mass is 324 g/mol.